The van der Waals surface area contributed by atoms with E-state index >= 15 is 0 Å². The Bertz CT molecular complexity index is 436. The van der Waals surface area contributed by atoms with Gasteiger partial charge in [0.25, 0.3) is 0 Å². The largest absolute Gasteiger partial charge is 0.398 e. The van der Waals surface area contributed by atoms with E-state index in [0.717, 1.165) is 18.7 Å². The first-order chi connectivity index (χ1) is 8.92. The third kappa shape index (κ3) is 5.19. The van der Waals surface area contributed by atoms with Gasteiger partial charge in [-0.25, -0.2) is 0 Å². The van der Waals surface area contributed by atoms with E-state index in [9.17, 15) is 0 Å². The second-order valence-corrected chi connectivity index (χ2v) is 5.65. The van der Waals surface area contributed by atoms with E-state index in [0.29, 0.717) is 23.2 Å². The molecule has 104 valence electrons. The van der Waals surface area contributed by atoms with Crippen molar-refractivity contribution in [2.75, 3.05) is 31.7 Å². The van der Waals surface area contributed by atoms with Crippen LogP contribution in [0.3, 0.4) is 0 Å². The van der Waals surface area contributed by atoms with Crippen LogP contribution in [-0.4, -0.2) is 31.6 Å². The monoisotopic (exact) mass is 260 g/mol. The van der Waals surface area contributed by atoms with Crippen LogP contribution in [0, 0.1) is 17.2 Å². The minimum atomic E-state index is 0.377. The molecule has 0 saturated heterocycles. The van der Waals surface area contributed by atoms with E-state index in [-0.39, 0.29) is 0 Å². The molecular weight excluding hydrogens is 236 g/mol. The lowest BCUT2D eigenvalue weighted by molar-refractivity contribution is 0.356. The Hall–Kier alpha value is -1.73. The standard InChI is InChI=1S/C15H24N4/c1-11(2)7-14(10-19(3)4)18-13-6-5-12(9-16)15(17)8-13/h5-6,8,11,14,18H,7,10,17H2,1-4H3. The molecule has 0 heterocycles. The third-order valence-corrected chi connectivity index (χ3v) is 2.88. The number of rotatable bonds is 6. The fourth-order valence-corrected chi connectivity index (χ4v) is 2.18. The molecule has 4 nitrogen and oxygen atoms in total. The molecule has 19 heavy (non-hydrogen) atoms. The molecule has 0 bridgehead atoms. The van der Waals surface area contributed by atoms with Crippen LogP contribution in [0.15, 0.2) is 18.2 Å². The first-order valence-electron chi connectivity index (χ1n) is 6.63. The van der Waals surface area contributed by atoms with Crippen molar-refractivity contribution in [2.45, 2.75) is 26.3 Å². The summed E-state index contributed by atoms with van der Waals surface area (Å²) >= 11 is 0. The summed E-state index contributed by atoms with van der Waals surface area (Å²) in [5.41, 5.74) is 7.87. The number of anilines is 2. The van der Waals surface area contributed by atoms with Gasteiger partial charge in [0.2, 0.25) is 0 Å². The van der Waals surface area contributed by atoms with Crippen LogP contribution in [0.2, 0.25) is 0 Å². The molecule has 0 amide bonds. The highest BCUT2D eigenvalue weighted by atomic mass is 15.1. The molecule has 1 rings (SSSR count). The van der Waals surface area contributed by atoms with Gasteiger partial charge in [-0.3, -0.25) is 0 Å². The van der Waals surface area contributed by atoms with Gasteiger partial charge in [0, 0.05) is 18.3 Å². The first-order valence-corrected chi connectivity index (χ1v) is 6.63. The van der Waals surface area contributed by atoms with Gasteiger partial charge in [-0.1, -0.05) is 13.8 Å². The Morgan fingerprint density at radius 2 is 2.05 bits per heavy atom. The molecule has 0 spiro atoms. The second-order valence-electron chi connectivity index (χ2n) is 5.65. The van der Waals surface area contributed by atoms with Gasteiger partial charge < -0.3 is 16.0 Å². The smallest absolute Gasteiger partial charge is 0.101 e. The maximum absolute atomic E-state index is 8.87. The van der Waals surface area contributed by atoms with E-state index in [1.807, 2.05) is 12.1 Å². The first kappa shape index (κ1) is 15.3. The molecule has 1 aromatic carbocycles. The average molecular weight is 260 g/mol. The number of nitrogens with zero attached hydrogens (tertiary/aromatic N) is 2. The lowest BCUT2D eigenvalue weighted by atomic mass is 10.0. The average Bonchev–Trinajstić information content (AvgIpc) is 2.27. The van der Waals surface area contributed by atoms with Crippen molar-refractivity contribution in [3.05, 3.63) is 23.8 Å². The van der Waals surface area contributed by atoms with Crippen molar-refractivity contribution < 1.29 is 0 Å². The molecule has 0 saturated carbocycles. The molecule has 0 fully saturated rings. The summed E-state index contributed by atoms with van der Waals surface area (Å²) in [7, 11) is 4.14. The van der Waals surface area contributed by atoms with E-state index in [1.165, 1.54) is 0 Å². The number of nitriles is 1. The van der Waals surface area contributed by atoms with Crippen LogP contribution in [-0.2, 0) is 0 Å². The van der Waals surface area contributed by atoms with Crippen LogP contribution in [0.4, 0.5) is 11.4 Å². The molecular formula is C15H24N4. The highest BCUT2D eigenvalue weighted by Crippen LogP contribution is 2.19. The van der Waals surface area contributed by atoms with E-state index in [2.05, 4.69) is 44.2 Å². The van der Waals surface area contributed by atoms with Crippen molar-refractivity contribution in [1.82, 2.24) is 4.90 Å². The molecule has 0 aromatic heterocycles. The molecule has 1 aromatic rings. The van der Waals surface area contributed by atoms with Gasteiger partial charge in [-0.05, 0) is 44.6 Å². The quantitative estimate of drug-likeness (QED) is 0.771. The Labute approximate surface area is 116 Å². The van der Waals surface area contributed by atoms with Crippen molar-refractivity contribution in [2.24, 2.45) is 5.92 Å². The van der Waals surface area contributed by atoms with Crippen LogP contribution in [0.5, 0.6) is 0 Å². The zero-order chi connectivity index (χ0) is 14.4. The summed E-state index contributed by atoms with van der Waals surface area (Å²) in [5, 5.41) is 12.4. The molecule has 4 heteroatoms. The summed E-state index contributed by atoms with van der Waals surface area (Å²) < 4.78 is 0. The van der Waals surface area contributed by atoms with Gasteiger partial charge in [0.1, 0.15) is 6.07 Å². The minimum absolute atomic E-state index is 0.377. The molecule has 0 radical (unpaired) electrons. The van der Waals surface area contributed by atoms with E-state index in [4.69, 9.17) is 11.0 Å². The molecule has 3 N–H and O–H groups in total. The van der Waals surface area contributed by atoms with Gasteiger partial charge in [0.15, 0.2) is 0 Å². The Kier molecular flexibility index (Phi) is 5.65. The summed E-state index contributed by atoms with van der Waals surface area (Å²) in [6.45, 7) is 5.41. The van der Waals surface area contributed by atoms with Gasteiger partial charge in [0.05, 0.1) is 11.3 Å². The maximum Gasteiger partial charge on any atom is 0.101 e. The summed E-state index contributed by atoms with van der Waals surface area (Å²) in [5.74, 6) is 0.633. The highest BCUT2D eigenvalue weighted by molar-refractivity contribution is 5.62. The normalized spacial score (nSPS) is 12.5. The fourth-order valence-electron chi connectivity index (χ4n) is 2.18. The predicted molar refractivity (Wildman–Crippen MR) is 81.0 cm³/mol. The number of hydrogen-bond donors (Lipinski definition) is 2. The van der Waals surface area contributed by atoms with Crippen LogP contribution >= 0.6 is 0 Å². The fraction of sp³-hybridized carbons (Fsp3) is 0.533. The molecule has 0 aliphatic heterocycles. The highest BCUT2D eigenvalue weighted by Gasteiger charge is 2.12. The maximum atomic E-state index is 8.87. The third-order valence-electron chi connectivity index (χ3n) is 2.88. The second kappa shape index (κ2) is 7.01. The molecule has 0 aliphatic carbocycles. The molecule has 0 aliphatic rings. The number of nitrogens with two attached hydrogens (primary N) is 1. The Morgan fingerprint density at radius 1 is 1.37 bits per heavy atom. The van der Waals surface area contributed by atoms with E-state index < -0.39 is 0 Å². The van der Waals surface area contributed by atoms with Crippen LogP contribution in [0.25, 0.3) is 0 Å². The van der Waals surface area contributed by atoms with Gasteiger partial charge >= 0.3 is 0 Å². The summed E-state index contributed by atoms with van der Waals surface area (Å²) in [6.07, 6.45) is 1.10. The zero-order valence-corrected chi connectivity index (χ0v) is 12.3. The van der Waals surface area contributed by atoms with Crippen molar-refractivity contribution >= 4 is 11.4 Å². The van der Waals surface area contributed by atoms with Crippen molar-refractivity contribution in [3.8, 4) is 6.07 Å². The number of hydrogen-bond acceptors (Lipinski definition) is 4. The lowest BCUT2D eigenvalue weighted by Crippen LogP contribution is -2.33. The summed E-state index contributed by atoms with van der Waals surface area (Å²) in [6, 6.07) is 7.97. The van der Waals surface area contributed by atoms with Crippen LogP contribution < -0.4 is 11.1 Å². The number of benzene rings is 1. The van der Waals surface area contributed by atoms with Gasteiger partial charge in [-0.2, -0.15) is 5.26 Å². The van der Waals surface area contributed by atoms with E-state index in [1.54, 1.807) is 6.07 Å². The Morgan fingerprint density at radius 3 is 2.53 bits per heavy atom. The van der Waals surface area contributed by atoms with Crippen molar-refractivity contribution in [3.63, 3.8) is 0 Å². The summed E-state index contributed by atoms with van der Waals surface area (Å²) in [4.78, 5) is 2.17. The van der Waals surface area contributed by atoms with Crippen molar-refractivity contribution in [1.29, 1.82) is 5.26 Å². The topological polar surface area (TPSA) is 65.1 Å². The lowest BCUT2D eigenvalue weighted by Gasteiger charge is -2.25. The predicted octanol–water partition coefficient (Wildman–Crippen LogP) is 2.53. The SMILES string of the molecule is CC(C)CC(CN(C)C)Nc1ccc(C#N)c(N)c1. The number of nitrogens with one attached hydrogen (secondary N) is 1. The number of nitrogen functional groups attached to an aromatic ring is 1. The number of likely N-dealkylation sites (N-methyl/N-ethyl adjacent to an activating group) is 1. The molecule has 1 atom stereocenters. The minimum Gasteiger partial charge on any atom is -0.398 e. The zero-order valence-electron chi connectivity index (χ0n) is 12.3. The Balaban J connectivity index is 2.78. The van der Waals surface area contributed by atoms with Crippen LogP contribution in [0.1, 0.15) is 25.8 Å². The van der Waals surface area contributed by atoms with Gasteiger partial charge in [-0.15, -0.1) is 0 Å². The molecule has 1 unspecified atom stereocenters.